The Morgan fingerprint density at radius 1 is 0.778 bits per heavy atom. The highest BCUT2D eigenvalue weighted by molar-refractivity contribution is 6.25. The number of fused-ring (bicyclic) bond motifs is 1. The van der Waals surface area contributed by atoms with Gasteiger partial charge in [-0.15, -0.1) is 0 Å². The van der Waals surface area contributed by atoms with Crippen LogP contribution in [0, 0.1) is 0 Å². The maximum absolute atomic E-state index is 12.1. The van der Waals surface area contributed by atoms with E-state index >= 15 is 0 Å². The van der Waals surface area contributed by atoms with Crippen LogP contribution in [-0.2, 0) is 0 Å². The van der Waals surface area contributed by atoms with Gasteiger partial charge in [-0.25, -0.2) is 4.98 Å². The molecule has 0 saturated heterocycles. The molecule has 6 nitrogen and oxygen atoms in total. The van der Waals surface area contributed by atoms with E-state index in [0.29, 0.717) is 17.0 Å². The summed E-state index contributed by atoms with van der Waals surface area (Å²) in [5.74, 6) is 0.660. The first-order valence-corrected chi connectivity index (χ1v) is 8.61. The number of benzene rings is 4. The molecule has 0 bridgehead atoms. The van der Waals surface area contributed by atoms with Crippen molar-refractivity contribution in [3.63, 3.8) is 0 Å². The van der Waals surface area contributed by atoms with Crippen LogP contribution in [0.2, 0.25) is 0 Å². The smallest absolute Gasteiger partial charge is 0.278 e. The van der Waals surface area contributed by atoms with Crippen LogP contribution in [0.4, 0.5) is 5.95 Å². The van der Waals surface area contributed by atoms with Crippen LogP contribution < -0.4 is 11.3 Å². The zero-order valence-corrected chi connectivity index (χ0v) is 14.1. The summed E-state index contributed by atoms with van der Waals surface area (Å²) in [5.41, 5.74) is 6.88. The van der Waals surface area contributed by atoms with E-state index in [1.165, 1.54) is 26.9 Å². The SMILES string of the molecule is Nc1nc2nc(-c3ccc4ccc5cccc6ccc3c4c56)[nH]c2c(=O)[nH]1. The number of rotatable bonds is 1. The predicted octanol–water partition coefficient (Wildman–Crippen LogP) is 3.79. The van der Waals surface area contributed by atoms with Gasteiger partial charge in [0.25, 0.3) is 5.56 Å². The fraction of sp³-hybridized carbons (Fsp3) is 0. The number of nitrogens with one attached hydrogen (secondary N) is 2. The van der Waals surface area contributed by atoms with Crippen molar-refractivity contribution in [1.82, 2.24) is 19.9 Å². The number of aromatic amines is 2. The number of imidazole rings is 1. The van der Waals surface area contributed by atoms with E-state index < -0.39 is 0 Å². The lowest BCUT2D eigenvalue weighted by Crippen LogP contribution is -2.10. The number of nitrogens with two attached hydrogens (primary N) is 1. The number of anilines is 1. The molecular weight excluding hydrogens is 338 g/mol. The Morgan fingerprint density at radius 3 is 2.30 bits per heavy atom. The van der Waals surface area contributed by atoms with Crippen molar-refractivity contribution in [2.75, 3.05) is 5.73 Å². The van der Waals surface area contributed by atoms with Gasteiger partial charge in [0.1, 0.15) is 5.82 Å². The minimum Gasteiger partial charge on any atom is -0.369 e. The molecule has 0 atom stereocenters. The second-order valence-corrected chi connectivity index (χ2v) is 6.70. The summed E-state index contributed by atoms with van der Waals surface area (Å²) in [6.07, 6.45) is 0. The molecule has 2 heterocycles. The Hall–Kier alpha value is -3.93. The van der Waals surface area contributed by atoms with E-state index in [0.717, 1.165) is 10.9 Å². The van der Waals surface area contributed by atoms with Crippen molar-refractivity contribution in [2.24, 2.45) is 0 Å². The molecule has 0 fully saturated rings. The molecule has 0 amide bonds. The van der Waals surface area contributed by atoms with Gasteiger partial charge in [0.05, 0.1) is 0 Å². The Morgan fingerprint density at radius 2 is 1.48 bits per heavy atom. The molecule has 0 saturated carbocycles. The van der Waals surface area contributed by atoms with Gasteiger partial charge in [0.2, 0.25) is 5.95 Å². The molecule has 6 rings (SSSR count). The normalized spacial score (nSPS) is 12.0. The molecule has 0 aliphatic heterocycles. The monoisotopic (exact) mass is 351 g/mol. The Balaban J connectivity index is 1.76. The lowest BCUT2D eigenvalue weighted by Gasteiger charge is -2.12. The van der Waals surface area contributed by atoms with E-state index in [1.54, 1.807) is 0 Å². The van der Waals surface area contributed by atoms with E-state index in [9.17, 15) is 4.79 Å². The predicted molar refractivity (Wildman–Crippen MR) is 108 cm³/mol. The molecule has 4 aromatic carbocycles. The van der Waals surface area contributed by atoms with Crippen molar-refractivity contribution in [3.8, 4) is 11.4 Å². The van der Waals surface area contributed by atoms with Crippen LogP contribution in [-0.4, -0.2) is 19.9 Å². The standard InChI is InChI=1S/C21H13N5O/c22-21-25-19-17(20(27)26-21)23-18(24-19)14-9-7-12-5-4-10-2-1-3-11-6-8-13(14)16(12)15(10)11/h1-9H,(H4,22,23,24,25,26,27). The maximum atomic E-state index is 12.1. The molecule has 0 spiro atoms. The third-order valence-electron chi connectivity index (χ3n) is 5.16. The van der Waals surface area contributed by atoms with Crippen molar-refractivity contribution in [3.05, 3.63) is 65.0 Å². The molecule has 0 radical (unpaired) electrons. The molecule has 6 aromatic rings. The van der Waals surface area contributed by atoms with Gasteiger partial charge in [-0.2, -0.15) is 4.98 Å². The van der Waals surface area contributed by atoms with E-state index in [-0.39, 0.29) is 11.5 Å². The van der Waals surface area contributed by atoms with Crippen LogP contribution in [0.5, 0.6) is 0 Å². The van der Waals surface area contributed by atoms with E-state index in [4.69, 9.17) is 5.73 Å². The highest BCUT2D eigenvalue weighted by Gasteiger charge is 2.15. The quantitative estimate of drug-likeness (QED) is 0.392. The van der Waals surface area contributed by atoms with Crippen LogP contribution in [0.3, 0.4) is 0 Å². The number of aromatic nitrogens is 4. The van der Waals surface area contributed by atoms with Crippen LogP contribution in [0.25, 0.3) is 54.9 Å². The highest BCUT2D eigenvalue weighted by atomic mass is 16.1. The summed E-state index contributed by atoms with van der Waals surface area (Å²) < 4.78 is 0. The van der Waals surface area contributed by atoms with Gasteiger partial charge in [-0.3, -0.25) is 9.78 Å². The fourth-order valence-corrected chi connectivity index (χ4v) is 3.99. The second-order valence-electron chi connectivity index (χ2n) is 6.70. The largest absolute Gasteiger partial charge is 0.369 e. The van der Waals surface area contributed by atoms with Crippen molar-refractivity contribution in [2.45, 2.75) is 0 Å². The summed E-state index contributed by atoms with van der Waals surface area (Å²) in [4.78, 5) is 26.4. The number of hydrogen-bond donors (Lipinski definition) is 3. The third-order valence-corrected chi connectivity index (χ3v) is 5.16. The highest BCUT2D eigenvalue weighted by Crippen LogP contribution is 2.38. The van der Waals surface area contributed by atoms with Gasteiger partial charge >= 0.3 is 0 Å². The van der Waals surface area contributed by atoms with Gasteiger partial charge in [0.15, 0.2) is 11.2 Å². The number of hydrogen-bond acceptors (Lipinski definition) is 4. The third kappa shape index (κ3) is 1.86. The number of H-pyrrole nitrogens is 2. The molecule has 128 valence electrons. The summed E-state index contributed by atoms with van der Waals surface area (Å²) in [7, 11) is 0. The molecule has 2 aromatic heterocycles. The zero-order chi connectivity index (χ0) is 18.1. The topological polar surface area (TPSA) is 100 Å². The molecule has 0 aliphatic rings. The summed E-state index contributed by atoms with van der Waals surface area (Å²) >= 11 is 0. The van der Waals surface area contributed by atoms with Gasteiger partial charge < -0.3 is 10.7 Å². The van der Waals surface area contributed by atoms with Crippen LogP contribution in [0.1, 0.15) is 0 Å². The van der Waals surface area contributed by atoms with Crippen molar-refractivity contribution >= 4 is 49.4 Å². The van der Waals surface area contributed by atoms with Crippen LogP contribution in [0.15, 0.2) is 59.4 Å². The number of nitrogen functional groups attached to an aromatic ring is 1. The minimum absolute atomic E-state index is 0.0564. The molecule has 4 N–H and O–H groups in total. The molecule has 27 heavy (non-hydrogen) atoms. The maximum Gasteiger partial charge on any atom is 0.278 e. The zero-order valence-electron chi connectivity index (χ0n) is 14.1. The van der Waals surface area contributed by atoms with Crippen molar-refractivity contribution in [1.29, 1.82) is 0 Å². The minimum atomic E-state index is -0.325. The van der Waals surface area contributed by atoms with Gasteiger partial charge in [0, 0.05) is 5.56 Å². The molecular formula is C21H13N5O. The first-order valence-electron chi connectivity index (χ1n) is 8.61. The Labute approximate surface area is 152 Å². The Kier molecular flexibility index (Phi) is 2.55. The lowest BCUT2D eigenvalue weighted by atomic mass is 9.92. The second kappa shape index (κ2) is 4.82. The first kappa shape index (κ1) is 14.3. The average molecular weight is 351 g/mol. The summed E-state index contributed by atoms with van der Waals surface area (Å²) in [6, 6.07) is 19.0. The van der Waals surface area contributed by atoms with Crippen molar-refractivity contribution < 1.29 is 0 Å². The van der Waals surface area contributed by atoms with E-state index in [2.05, 4.69) is 68.5 Å². The summed E-state index contributed by atoms with van der Waals surface area (Å²) in [5, 5.41) is 7.11. The molecule has 0 unspecified atom stereocenters. The van der Waals surface area contributed by atoms with E-state index in [1.807, 2.05) is 6.07 Å². The van der Waals surface area contributed by atoms with Gasteiger partial charge in [-0.05, 0) is 32.3 Å². The van der Waals surface area contributed by atoms with Gasteiger partial charge in [-0.1, -0.05) is 54.6 Å². The average Bonchev–Trinajstić information content (AvgIpc) is 3.10. The van der Waals surface area contributed by atoms with Crippen LogP contribution >= 0.6 is 0 Å². The molecule has 0 aliphatic carbocycles. The Bertz CT molecular complexity index is 1540. The fourth-order valence-electron chi connectivity index (χ4n) is 3.99. The molecule has 6 heteroatoms. The summed E-state index contributed by atoms with van der Waals surface area (Å²) in [6.45, 7) is 0. The lowest BCUT2D eigenvalue weighted by molar-refractivity contribution is 1.17. The number of nitrogens with zero attached hydrogens (tertiary/aromatic N) is 2. The first-order chi connectivity index (χ1) is 13.2.